The van der Waals surface area contributed by atoms with E-state index in [0.717, 1.165) is 114 Å². The predicted octanol–water partition coefficient (Wildman–Crippen LogP) is 23.0. The van der Waals surface area contributed by atoms with Gasteiger partial charge in [-0.05, 0) is 43.4 Å². The first-order valence-electron chi connectivity index (χ1n) is 40.4. The van der Waals surface area contributed by atoms with Crippen molar-refractivity contribution in [1.82, 2.24) is 0 Å². The van der Waals surface area contributed by atoms with Crippen LogP contribution in [0, 0.1) is 17.8 Å². The molecule has 97 heavy (non-hydrogen) atoms. The second-order valence-electron chi connectivity index (χ2n) is 29.1. The van der Waals surface area contributed by atoms with Crippen LogP contribution in [0.25, 0.3) is 0 Å². The lowest BCUT2D eigenvalue weighted by Gasteiger charge is -2.21. The molecule has 0 aliphatic carbocycles. The van der Waals surface area contributed by atoms with Crippen LogP contribution in [-0.2, 0) is 65.4 Å². The molecule has 0 aromatic heterocycles. The maximum Gasteiger partial charge on any atom is 0.472 e. The van der Waals surface area contributed by atoms with Gasteiger partial charge in [-0.1, -0.05) is 350 Å². The number of phosphoric acid groups is 2. The molecule has 0 aliphatic heterocycles. The Labute approximate surface area is 594 Å². The fraction of sp³-hybridized carbons (Fsp3) is 0.949. The second-order valence-corrected chi connectivity index (χ2v) is 32.0. The topological polar surface area (TPSA) is 237 Å². The summed E-state index contributed by atoms with van der Waals surface area (Å²) in [6.45, 7) is 11.9. The van der Waals surface area contributed by atoms with Crippen molar-refractivity contribution in [3.05, 3.63) is 0 Å². The van der Waals surface area contributed by atoms with Gasteiger partial charge in [-0.25, -0.2) is 9.13 Å². The molecule has 0 saturated heterocycles. The van der Waals surface area contributed by atoms with Crippen molar-refractivity contribution in [2.45, 2.75) is 420 Å². The Balaban J connectivity index is 5.22. The van der Waals surface area contributed by atoms with Gasteiger partial charge in [0.05, 0.1) is 26.4 Å². The maximum absolute atomic E-state index is 13.1. The number of rotatable bonds is 76. The average molecular weight is 1420 g/mol. The lowest BCUT2D eigenvalue weighted by molar-refractivity contribution is -0.161. The molecular formula is C78H152O17P2. The monoisotopic (exact) mass is 1420 g/mol. The first-order valence-corrected chi connectivity index (χ1v) is 43.4. The van der Waals surface area contributed by atoms with Crippen molar-refractivity contribution in [2.75, 3.05) is 39.6 Å². The minimum Gasteiger partial charge on any atom is -0.462 e. The van der Waals surface area contributed by atoms with Crippen LogP contribution in [0.5, 0.6) is 0 Å². The van der Waals surface area contributed by atoms with Crippen molar-refractivity contribution in [1.29, 1.82) is 0 Å². The number of carbonyl (C=O) groups excluding carboxylic acids is 4. The number of hydrogen-bond acceptors (Lipinski definition) is 15. The summed E-state index contributed by atoms with van der Waals surface area (Å²) in [4.78, 5) is 72.9. The Morgan fingerprint density at radius 1 is 0.299 bits per heavy atom. The van der Waals surface area contributed by atoms with Crippen molar-refractivity contribution < 1.29 is 80.2 Å². The summed E-state index contributed by atoms with van der Waals surface area (Å²) in [5.41, 5.74) is 0. The fourth-order valence-corrected chi connectivity index (χ4v) is 13.5. The van der Waals surface area contributed by atoms with E-state index in [2.05, 4.69) is 48.5 Å². The van der Waals surface area contributed by atoms with E-state index in [1.807, 2.05) is 0 Å². The van der Waals surface area contributed by atoms with Gasteiger partial charge >= 0.3 is 39.5 Å². The first-order chi connectivity index (χ1) is 46.8. The molecule has 0 aromatic rings. The predicted molar refractivity (Wildman–Crippen MR) is 395 cm³/mol. The van der Waals surface area contributed by atoms with Gasteiger partial charge in [0.1, 0.15) is 19.3 Å². The van der Waals surface area contributed by atoms with E-state index < -0.39 is 97.5 Å². The number of hydrogen-bond donors (Lipinski definition) is 3. The zero-order valence-corrected chi connectivity index (χ0v) is 65.3. The Bertz CT molecular complexity index is 1890. The molecule has 576 valence electrons. The molecule has 0 radical (unpaired) electrons. The van der Waals surface area contributed by atoms with Crippen LogP contribution < -0.4 is 0 Å². The second kappa shape index (κ2) is 68.5. The van der Waals surface area contributed by atoms with Crippen molar-refractivity contribution >= 4 is 39.5 Å². The summed E-state index contributed by atoms with van der Waals surface area (Å²) in [6.07, 6.45) is 55.5. The molecule has 19 heteroatoms. The lowest BCUT2D eigenvalue weighted by Crippen LogP contribution is -2.30. The van der Waals surface area contributed by atoms with Crippen molar-refractivity contribution in [2.24, 2.45) is 17.8 Å². The highest BCUT2D eigenvalue weighted by Crippen LogP contribution is 2.45. The molecule has 0 aliphatic rings. The molecular weight excluding hydrogens is 1270 g/mol. The van der Waals surface area contributed by atoms with E-state index in [-0.39, 0.29) is 25.7 Å². The number of ether oxygens (including phenoxy) is 4. The lowest BCUT2D eigenvalue weighted by atomic mass is 9.99. The van der Waals surface area contributed by atoms with Gasteiger partial charge in [-0.3, -0.25) is 37.3 Å². The highest BCUT2D eigenvalue weighted by Gasteiger charge is 2.30. The third-order valence-corrected chi connectivity index (χ3v) is 20.8. The summed E-state index contributed by atoms with van der Waals surface area (Å²) in [5, 5.41) is 10.6. The highest BCUT2D eigenvalue weighted by atomic mass is 31.2. The van der Waals surface area contributed by atoms with Crippen molar-refractivity contribution in [3.63, 3.8) is 0 Å². The first kappa shape index (κ1) is 95.1. The molecule has 4 unspecified atom stereocenters. The third-order valence-electron chi connectivity index (χ3n) is 18.9. The molecule has 0 aromatic carbocycles. The Morgan fingerprint density at radius 2 is 0.526 bits per heavy atom. The minimum atomic E-state index is -4.96. The van der Waals surface area contributed by atoms with Crippen LogP contribution in [0.4, 0.5) is 0 Å². The van der Waals surface area contributed by atoms with Gasteiger partial charge in [0.15, 0.2) is 12.2 Å². The molecule has 7 atom stereocenters. The van der Waals surface area contributed by atoms with Crippen LogP contribution in [-0.4, -0.2) is 96.7 Å². The van der Waals surface area contributed by atoms with Gasteiger partial charge in [0.25, 0.3) is 0 Å². The Morgan fingerprint density at radius 3 is 0.784 bits per heavy atom. The zero-order chi connectivity index (χ0) is 71.6. The Hall–Kier alpha value is -1.94. The number of aliphatic hydroxyl groups excluding tert-OH is 1. The van der Waals surface area contributed by atoms with Crippen LogP contribution in [0.2, 0.25) is 0 Å². The van der Waals surface area contributed by atoms with Crippen LogP contribution >= 0.6 is 15.6 Å². The molecule has 17 nitrogen and oxygen atoms in total. The quantitative estimate of drug-likeness (QED) is 0.0222. The number of phosphoric ester groups is 2. The molecule has 0 rings (SSSR count). The van der Waals surface area contributed by atoms with Crippen LogP contribution in [0.1, 0.15) is 402 Å². The number of esters is 4. The summed E-state index contributed by atoms with van der Waals surface area (Å²) in [7, 11) is -9.91. The normalized spacial score (nSPS) is 14.6. The maximum atomic E-state index is 13.1. The Kier molecular flexibility index (Phi) is 67.1. The van der Waals surface area contributed by atoms with Gasteiger partial charge in [0.2, 0.25) is 0 Å². The molecule has 0 spiro atoms. The van der Waals surface area contributed by atoms with E-state index in [1.165, 1.54) is 205 Å². The van der Waals surface area contributed by atoms with Gasteiger partial charge in [-0.15, -0.1) is 0 Å². The van der Waals surface area contributed by atoms with Gasteiger partial charge in [-0.2, -0.15) is 0 Å². The molecule has 0 saturated carbocycles. The molecule has 3 N–H and O–H groups in total. The van der Waals surface area contributed by atoms with Crippen LogP contribution in [0.3, 0.4) is 0 Å². The van der Waals surface area contributed by atoms with E-state index >= 15 is 0 Å². The van der Waals surface area contributed by atoms with Gasteiger partial charge < -0.3 is 33.8 Å². The van der Waals surface area contributed by atoms with E-state index in [4.69, 9.17) is 37.0 Å². The fourth-order valence-electron chi connectivity index (χ4n) is 11.9. The zero-order valence-electron chi connectivity index (χ0n) is 63.5. The summed E-state index contributed by atoms with van der Waals surface area (Å²) in [6, 6.07) is 0. The standard InChI is InChI=1S/C78H152O17P2/c1-8-11-12-13-14-15-16-26-33-38-47-54-61-77(82)95-74(66-89-76(81)60-53-46-41-40-44-51-58-71(7)10-3)68-93-97(86,87)91-64-72(79)63-90-96(84,85)92-67-73(65-88-75(80)59-52-45-37-32-29-28-31-36-43-50-57-70(6)9-2)94-78(83)62-55-48-39-34-27-24-22-20-18-17-19-21-23-25-30-35-42-49-56-69(4)5/h69-74,79H,8-68H2,1-7H3,(H,84,85)(H,86,87)/t70?,71?,72-,73-,74-/m1/s1. The highest BCUT2D eigenvalue weighted by molar-refractivity contribution is 7.47. The molecule has 0 fully saturated rings. The summed E-state index contributed by atoms with van der Waals surface area (Å²) < 4.78 is 68.6. The molecule has 0 amide bonds. The minimum absolute atomic E-state index is 0.106. The van der Waals surface area contributed by atoms with Crippen molar-refractivity contribution in [3.8, 4) is 0 Å². The SMILES string of the molecule is CCCCCCCCCCCCCCC(=O)O[C@H](COC(=O)CCCCCCCCC(C)CC)COP(=O)(O)OC[C@H](O)COP(=O)(O)OC[C@@H](COC(=O)CCCCCCCCCCCCC(C)CC)OC(=O)CCCCCCCCCCCCCCCCCCCCC(C)C. The molecule has 0 heterocycles. The summed E-state index contributed by atoms with van der Waals surface area (Å²) in [5.74, 6) is 0.245. The average Bonchev–Trinajstić information content (AvgIpc) is 1.31. The van der Waals surface area contributed by atoms with E-state index in [9.17, 15) is 43.2 Å². The number of aliphatic hydroxyl groups is 1. The van der Waals surface area contributed by atoms with Gasteiger partial charge in [0, 0.05) is 25.7 Å². The largest absolute Gasteiger partial charge is 0.472 e. The molecule has 0 bridgehead atoms. The van der Waals surface area contributed by atoms with Crippen LogP contribution in [0.15, 0.2) is 0 Å². The van der Waals surface area contributed by atoms with E-state index in [0.29, 0.717) is 25.7 Å². The van der Waals surface area contributed by atoms with E-state index in [1.54, 1.807) is 0 Å². The number of carbonyl (C=O) groups is 4. The third kappa shape index (κ3) is 69.5. The smallest absolute Gasteiger partial charge is 0.462 e. The number of unbranched alkanes of at least 4 members (excludes halogenated alkanes) is 42. The summed E-state index contributed by atoms with van der Waals surface area (Å²) >= 11 is 0.